The molecule has 7 heteroatoms. The zero-order chi connectivity index (χ0) is 18.8. The summed E-state index contributed by atoms with van der Waals surface area (Å²) in [4.78, 5) is 26.4. The summed E-state index contributed by atoms with van der Waals surface area (Å²) >= 11 is 6.24. The fourth-order valence-corrected chi connectivity index (χ4v) is 3.54. The average molecular weight is 383 g/mol. The molecular weight excluding hydrogens is 364 g/mol. The molecule has 4 rings (SSSR count). The minimum atomic E-state index is -0.0706. The van der Waals surface area contributed by atoms with Gasteiger partial charge in [0.2, 0.25) is 5.91 Å². The van der Waals surface area contributed by atoms with E-state index in [0.717, 1.165) is 34.5 Å². The van der Waals surface area contributed by atoms with Crippen molar-refractivity contribution < 1.29 is 9.53 Å². The second kappa shape index (κ2) is 7.40. The van der Waals surface area contributed by atoms with E-state index in [1.165, 1.54) is 0 Å². The first-order valence-corrected chi connectivity index (χ1v) is 9.12. The van der Waals surface area contributed by atoms with Gasteiger partial charge in [-0.2, -0.15) is 0 Å². The van der Waals surface area contributed by atoms with E-state index in [2.05, 4.69) is 15.0 Å². The molecule has 27 heavy (non-hydrogen) atoms. The molecule has 0 unspecified atom stereocenters. The SMILES string of the molecule is Cc1cncc(N(Cc2ncc[nH]2)C(=O)Cc2cc(Cl)cc3c2OCC3)c1. The standard InChI is InChI=1S/C20H19ClN4O2/c1-13-6-17(11-22-10-13)25(12-18-23-3-4-24-18)19(26)9-15-8-16(21)7-14-2-5-27-20(14)15/h3-4,6-8,10-11H,2,5,9,12H2,1H3,(H,23,24). The lowest BCUT2D eigenvalue weighted by Crippen LogP contribution is -2.32. The van der Waals surface area contributed by atoms with Crippen LogP contribution in [0.5, 0.6) is 5.75 Å². The van der Waals surface area contributed by atoms with E-state index < -0.39 is 0 Å². The second-order valence-electron chi connectivity index (χ2n) is 6.56. The van der Waals surface area contributed by atoms with E-state index >= 15 is 0 Å². The van der Waals surface area contributed by atoms with Gasteiger partial charge in [-0.25, -0.2) is 4.98 Å². The van der Waals surface area contributed by atoms with Crippen LogP contribution in [0.15, 0.2) is 43.0 Å². The third-order valence-corrected chi connectivity index (χ3v) is 4.72. The Morgan fingerprint density at radius 1 is 1.33 bits per heavy atom. The zero-order valence-corrected chi connectivity index (χ0v) is 15.7. The molecule has 0 fully saturated rings. The maximum absolute atomic E-state index is 13.2. The number of carbonyl (C=O) groups excluding carboxylic acids is 1. The van der Waals surface area contributed by atoms with E-state index in [1.807, 2.05) is 25.1 Å². The molecule has 0 aliphatic carbocycles. The molecule has 0 bridgehead atoms. The number of aryl methyl sites for hydroxylation is 1. The Morgan fingerprint density at radius 3 is 3.00 bits per heavy atom. The fraction of sp³-hybridized carbons (Fsp3) is 0.250. The number of halogens is 1. The lowest BCUT2D eigenvalue weighted by molar-refractivity contribution is -0.118. The van der Waals surface area contributed by atoms with E-state index in [0.29, 0.717) is 24.0 Å². The first-order chi connectivity index (χ1) is 13.1. The van der Waals surface area contributed by atoms with Crippen molar-refractivity contribution in [1.29, 1.82) is 0 Å². The van der Waals surface area contributed by atoms with Crippen LogP contribution in [0.25, 0.3) is 0 Å². The molecule has 0 saturated heterocycles. The molecule has 0 atom stereocenters. The van der Waals surface area contributed by atoms with Crippen molar-refractivity contribution in [1.82, 2.24) is 15.0 Å². The molecule has 1 amide bonds. The Labute approximate surface area is 162 Å². The Kier molecular flexibility index (Phi) is 4.81. The van der Waals surface area contributed by atoms with Crippen molar-refractivity contribution in [3.63, 3.8) is 0 Å². The summed E-state index contributed by atoms with van der Waals surface area (Å²) in [7, 11) is 0. The summed E-state index contributed by atoms with van der Waals surface area (Å²) in [5.41, 5.74) is 3.58. The first kappa shape index (κ1) is 17.5. The van der Waals surface area contributed by atoms with Crippen LogP contribution in [0.4, 0.5) is 5.69 Å². The molecule has 0 saturated carbocycles. The van der Waals surface area contributed by atoms with Crippen molar-refractivity contribution >= 4 is 23.2 Å². The summed E-state index contributed by atoms with van der Waals surface area (Å²) < 4.78 is 5.74. The maximum Gasteiger partial charge on any atom is 0.232 e. The number of benzene rings is 1. The van der Waals surface area contributed by atoms with Gasteiger partial charge in [0.25, 0.3) is 0 Å². The topological polar surface area (TPSA) is 71.1 Å². The van der Waals surface area contributed by atoms with E-state index in [9.17, 15) is 4.79 Å². The van der Waals surface area contributed by atoms with Crippen molar-refractivity contribution in [2.75, 3.05) is 11.5 Å². The third kappa shape index (κ3) is 3.80. The molecule has 0 spiro atoms. The number of pyridine rings is 1. The number of nitrogens with one attached hydrogen (secondary N) is 1. The number of amides is 1. The molecular formula is C20H19ClN4O2. The van der Waals surface area contributed by atoms with Crippen molar-refractivity contribution in [2.45, 2.75) is 26.3 Å². The second-order valence-corrected chi connectivity index (χ2v) is 7.00. The Balaban J connectivity index is 1.65. The summed E-state index contributed by atoms with van der Waals surface area (Å²) in [6.45, 7) is 2.90. The minimum Gasteiger partial charge on any atom is -0.493 e. The predicted octanol–water partition coefficient (Wildman–Crippen LogP) is 3.48. The molecule has 1 aliphatic rings. The molecule has 6 nitrogen and oxygen atoms in total. The lowest BCUT2D eigenvalue weighted by atomic mass is 10.0. The van der Waals surface area contributed by atoms with Gasteiger partial charge in [0.15, 0.2) is 0 Å². The number of anilines is 1. The largest absolute Gasteiger partial charge is 0.493 e. The van der Waals surface area contributed by atoms with Crippen LogP contribution in [0, 0.1) is 6.92 Å². The van der Waals surface area contributed by atoms with Crippen LogP contribution in [-0.2, 0) is 24.2 Å². The zero-order valence-electron chi connectivity index (χ0n) is 14.9. The van der Waals surface area contributed by atoms with Crippen LogP contribution in [0.1, 0.15) is 22.5 Å². The lowest BCUT2D eigenvalue weighted by Gasteiger charge is -2.22. The number of hydrogen-bond acceptors (Lipinski definition) is 4. The minimum absolute atomic E-state index is 0.0706. The van der Waals surface area contributed by atoms with Gasteiger partial charge in [-0.1, -0.05) is 11.6 Å². The van der Waals surface area contributed by atoms with Gasteiger partial charge in [-0.3, -0.25) is 9.78 Å². The predicted molar refractivity (Wildman–Crippen MR) is 103 cm³/mol. The van der Waals surface area contributed by atoms with Crippen molar-refractivity contribution in [2.24, 2.45) is 0 Å². The summed E-state index contributed by atoms with van der Waals surface area (Å²) in [5, 5.41) is 0.622. The van der Waals surface area contributed by atoms with E-state index in [1.54, 1.807) is 29.7 Å². The summed E-state index contributed by atoms with van der Waals surface area (Å²) in [6, 6.07) is 5.65. The van der Waals surface area contributed by atoms with Crippen LogP contribution in [0.2, 0.25) is 5.02 Å². The third-order valence-electron chi connectivity index (χ3n) is 4.50. The van der Waals surface area contributed by atoms with Gasteiger partial charge in [-0.05, 0) is 36.2 Å². The molecule has 0 radical (unpaired) electrons. The Hall–Kier alpha value is -2.86. The summed E-state index contributed by atoms with van der Waals surface area (Å²) in [6.07, 6.45) is 7.87. The Morgan fingerprint density at radius 2 is 2.22 bits per heavy atom. The molecule has 1 aromatic carbocycles. The van der Waals surface area contributed by atoms with Gasteiger partial charge in [-0.15, -0.1) is 0 Å². The molecule has 3 aromatic rings. The highest BCUT2D eigenvalue weighted by Gasteiger charge is 2.23. The van der Waals surface area contributed by atoms with Crippen LogP contribution in [0.3, 0.4) is 0 Å². The highest BCUT2D eigenvalue weighted by Crippen LogP contribution is 2.33. The molecule has 1 aliphatic heterocycles. The van der Waals surface area contributed by atoms with E-state index in [-0.39, 0.29) is 12.3 Å². The number of aromatic amines is 1. The first-order valence-electron chi connectivity index (χ1n) is 8.74. The normalized spacial score (nSPS) is 12.5. The highest BCUT2D eigenvalue weighted by atomic mass is 35.5. The number of aromatic nitrogens is 3. The maximum atomic E-state index is 13.2. The van der Waals surface area contributed by atoms with Crippen molar-refractivity contribution in [3.05, 3.63) is 70.5 Å². The molecule has 2 aromatic heterocycles. The molecule has 138 valence electrons. The smallest absolute Gasteiger partial charge is 0.232 e. The van der Waals surface area contributed by atoms with Crippen LogP contribution < -0.4 is 9.64 Å². The van der Waals surface area contributed by atoms with Crippen molar-refractivity contribution in [3.8, 4) is 5.75 Å². The number of imidazole rings is 1. The monoisotopic (exact) mass is 382 g/mol. The van der Waals surface area contributed by atoms with Gasteiger partial charge in [0, 0.05) is 35.6 Å². The Bertz CT molecular complexity index is 972. The number of hydrogen-bond donors (Lipinski definition) is 1. The average Bonchev–Trinajstić information content (AvgIpc) is 3.31. The number of H-pyrrole nitrogens is 1. The fourth-order valence-electron chi connectivity index (χ4n) is 3.28. The van der Waals surface area contributed by atoms with Gasteiger partial charge in [0.05, 0.1) is 31.5 Å². The number of rotatable bonds is 5. The number of nitrogens with zero attached hydrogens (tertiary/aromatic N) is 3. The highest BCUT2D eigenvalue weighted by molar-refractivity contribution is 6.30. The number of carbonyl (C=O) groups is 1. The van der Waals surface area contributed by atoms with Gasteiger partial charge < -0.3 is 14.6 Å². The quantitative estimate of drug-likeness (QED) is 0.733. The number of ether oxygens (including phenoxy) is 1. The van der Waals surface area contributed by atoms with Gasteiger partial charge in [0.1, 0.15) is 11.6 Å². The van der Waals surface area contributed by atoms with Crippen LogP contribution >= 0.6 is 11.6 Å². The molecule has 1 N–H and O–H groups in total. The summed E-state index contributed by atoms with van der Waals surface area (Å²) in [5.74, 6) is 1.42. The molecule has 3 heterocycles. The van der Waals surface area contributed by atoms with Gasteiger partial charge >= 0.3 is 0 Å². The van der Waals surface area contributed by atoms with Crippen LogP contribution in [-0.4, -0.2) is 27.5 Å². The number of fused-ring (bicyclic) bond motifs is 1. The van der Waals surface area contributed by atoms with E-state index in [4.69, 9.17) is 16.3 Å².